The summed E-state index contributed by atoms with van der Waals surface area (Å²) in [6, 6.07) is 1.48. The number of carbonyl (C=O) groups is 2. The Balaban J connectivity index is 2.10. The summed E-state index contributed by atoms with van der Waals surface area (Å²) in [4.78, 5) is 42.6. The van der Waals surface area contributed by atoms with E-state index in [9.17, 15) is 19.5 Å². The molecule has 9 heteroatoms. The van der Waals surface area contributed by atoms with Crippen LogP contribution in [-0.4, -0.2) is 44.7 Å². The third-order valence-electron chi connectivity index (χ3n) is 3.42. The zero-order valence-corrected chi connectivity index (χ0v) is 13.3. The van der Waals surface area contributed by atoms with E-state index >= 15 is 0 Å². The Hall–Kier alpha value is -3.10. The van der Waals surface area contributed by atoms with Gasteiger partial charge in [-0.2, -0.15) is 0 Å². The molecule has 0 spiro atoms. The average Bonchev–Trinajstić information content (AvgIpc) is 3.02. The molecule has 0 unspecified atom stereocenters. The number of nitrogens with one attached hydrogen (secondary N) is 2. The summed E-state index contributed by atoms with van der Waals surface area (Å²) in [6.45, 7) is 1.32. The number of hydrogen-bond donors (Lipinski definition) is 3. The van der Waals surface area contributed by atoms with Crippen molar-refractivity contribution in [3.05, 3.63) is 46.4 Å². The molecule has 128 valence electrons. The van der Waals surface area contributed by atoms with E-state index in [0.717, 1.165) is 6.07 Å². The number of imidazole rings is 1. The molecular formula is C15H18N4O5. The van der Waals surface area contributed by atoms with Gasteiger partial charge in [0.1, 0.15) is 18.3 Å². The Morgan fingerprint density at radius 2 is 2.21 bits per heavy atom. The molecule has 3 N–H and O–H groups in total. The highest BCUT2D eigenvalue weighted by Gasteiger charge is 2.23. The number of H-pyrrole nitrogens is 1. The number of aryl methyl sites for hydroxylation is 1. The van der Waals surface area contributed by atoms with Crippen LogP contribution in [0, 0.1) is 6.92 Å². The van der Waals surface area contributed by atoms with Gasteiger partial charge in [-0.25, -0.2) is 9.78 Å². The Morgan fingerprint density at radius 3 is 2.79 bits per heavy atom. The minimum Gasteiger partial charge on any atom is -0.508 e. The van der Waals surface area contributed by atoms with Gasteiger partial charge in [0.25, 0.3) is 5.56 Å². The summed E-state index contributed by atoms with van der Waals surface area (Å²) in [5, 5.41) is 11.9. The van der Waals surface area contributed by atoms with Gasteiger partial charge in [-0.1, -0.05) is 0 Å². The van der Waals surface area contributed by atoms with Crippen molar-refractivity contribution < 1.29 is 19.4 Å². The molecule has 0 saturated heterocycles. The second kappa shape index (κ2) is 7.44. The standard InChI is InChI=1S/C15H18N4O5/c1-9-3-11(20)5-14(22)19(9)7-13(21)18-12(15(23)24-2)4-10-6-16-8-17-10/h3,5-6,8,12,20H,4,7H2,1-2H3,(H,16,17)(H,18,21)/t12-/m1/s1. The van der Waals surface area contributed by atoms with Gasteiger partial charge in [0.05, 0.1) is 13.4 Å². The van der Waals surface area contributed by atoms with Gasteiger partial charge in [-0.3, -0.25) is 9.59 Å². The summed E-state index contributed by atoms with van der Waals surface area (Å²) in [7, 11) is 1.23. The number of aromatic amines is 1. The van der Waals surface area contributed by atoms with Crippen molar-refractivity contribution in [2.24, 2.45) is 0 Å². The molecule has 2 aromatic rings. The lowest BCUT2D eigenvalue weighted by Crippen LogP contribution is -2.45. The summed E-state index contributed by atoms with van der Waals surface area (Å²) >= 11 is 0. The molecule has 24 heavy (non-hydrogen) atoms. The Morgan fingerprint density at radius 1 is 1.46 bits per heavy atom. The van der Waals surface area contributed by atoms with E-state index in [4.69, 9.17) is 0 Å². The van der Waals surface area contributed by atoms with E-state index in [1.54, 1.807) is 6.92 Å². The number of aromatic nitrogens is 3. The van der Waals surface area contributed by atoms with Gasteiger partial charge < -0.3 is 24.7 Å². The number of hydrogen-bond acceptors (Lipinski definition) is 6. The second-order valence-corrected chi connectivity index (χ2v) is 5.20. The topological polar surface area (TPSA) is 126 Å². The number of pyridine rings is 1. The third-order valence-corrected chi connectivity index (χ3v) is 3.42. The van der Waals surface area contributed by atoms with Gasteiger partial charge in [0, 0.05) is 30.1 Å². The molecule has 0 aliphatic heterocycles. The van der Waals surface area contributed by atoms with Crippen LogP contribution >= 0.6 is 0 Å². The maximum Gasteiger partial charge on any atom is 0.328 e. The first-order chi connectivity index (χ1) is 11.4. The second-order valence-electron chi connectivity index (χ2n) is 5.20. The lowest BCUT2D eigenvalue weighted by atomic mass is 10.1. The van der Waals surface area contributed by atoms with Crippen molar-refractivity contribution in [2.45, 2.75) is 25.9 Å². The van der Waals surface area contributed by atoms with Crippen molar-refractivity contribution in [1.82, 2.24) is 19.9 Å². The van der Waals surface area contributed by atoms with Crippen molar-refractivity contribution >= 4 is 11.9 Å². The minimum atomic E-state index is -0.906. The molecule has 2 heterocycles. The normalized spacial score (nSPS) is 11.8. The van der Waals surface area contributed by atoms with Crippen molar-refractivity contribution in [3.63, 3.8) is 0 Å². The maximum absolute atomic E-state index is 12.2. The highest BCUT2D eigenvalue weighted by molar-refractivity contribution is 5.84. The van der Waals surface area contributed by atoms with E-state index in [2.05, 4.69) is 20.0 Å². The van der Waals surface area contributed by atoms with Gasteiger partial charge in [0.2, 0.25) is 5.91 Å². The van der Waals surface area contributed by atoms with Crippen molar-refractivity contribution in [2.75, 3.05) is 7.11 Å². The number of carbonyl (C=O) groups excluding carboxylic acids is 2. The first-order valence-corrected chi connectivity index (χ1v) is 7.15. The molecule has 9 nitrogen and oxygen atoms in total. The van der Waals surface area contributed by atoms with Crippen LogP contribution in [0.3, 0.4) is 0 Å². The molecule has 0 aliphatic rings. The quantitative estimate of drug-likeness (QED) is 0.611. The summed E-state index contributed by atoms with van der Waals surface area (Å²) in [5.74, 6) is -1.30. The minimum absolute atomic E-state index is 0.166. The number of esters is 1. The number of ether oxygens (including phenoxy) is 1. The molecular weight excluding hydrogens is 316 g/mol. The van der Waals surface area contributed by atoms with E-state index in [1.807, 2.05) is 0 Å². The summed E-state index contributed by atoms with van der Waals surface area (Å²) in [6.07, 6.45) is 3.18. The zero-order chi connectivity index (χ0) is 17.7. The van der Waals surface area contributed by atoms with Crippen LogP contribution in [0.25, 0.3) is 0 Å². The molecule has 2 aromatic heterocycles. The SMILES string of the molecule is COC(=O)[C@@H](Cc1cnc[nH]1)NC(=O)Cn1c(C)cc(O)cc1=O. The van der Waals surface area contributed by atoms with Crippen molar-refractivity contribution in [1.29, 1.82) is 0 Å². The van der Waals surface area contributed by atoms with Crippen LogP contribution in [-0.2, 0) is 27.3 Å². The highest BCUT2D eigenvalue weighted by atomic mass is 16.5. The number of nitrogens with zero attached hydrogens (tertiary/aromatic N) is 2. The molecule has 0 aliphatic carbocycles. The van der Waals surface area contributed by atoms with E-state index in [1.165, 1.54) is 30.3 Å². The van der Waals surface area contributed by atoms with Crippen LogP contribution in [0.2, 0.25) is 0 Å². The number of amides is 1. The average molecular weight is 334 g/mol. The van der Waals surface area contributed by atoms with Gasteiger partial charge >= 0.3 is 5.97 Å². The van der Waals surface area contributed by atoms with E-state index in [0.29, 0.717) is 11.4 Å². The maximum atomic E-state index is 12.2. The van der Waals surface area contributed by atoms with Crippen LogP contribution in [0.1, 0.15) is 11.4 Å². The molecule has 0 bridgehead atoms. The molecule has 1 amide bonds. The van der Waals surface area contributed by atoms with E-state index in [-0.39, 0.29) is 18.7 Å². The first kappa shape index (κ1) is 17.3. The third kappa shape index (κ3) is 4.22. The van der Waals surface area contributed by atoms with Gasteiger partial charge in [-0.15, -0.1) is 0 Å². The Bertz CT molecular complexity index is 782. The molecule has 0 saturated carbocycles. The summed E-state index contributed by atoms with van der Waals surface area (Å²) < 4.78 is 5.88. The number of aromatic hydroxyl groups is 1. The molecule has 0 aromatic carbocycles. The van der Waals surface area contributed by atoms with Crippen LogP contribution < -0.4 is 10.9 Å². The van der Waals surface area contributed by atoms with Crippen LogP contribution in [0.15, 0.2) is 29.5 Å². The lowest BCUT2D eigenvalue weighted by molar-refractivity contribution is -0.145. The van der Waals surface area contributed by atoms with Crippen molar-refractivity contribution in [3.8, 4) is 5.75 Å². The first-order valence-electron chi connectivity index (χ1n) is 7.15. The Kier molecular flexibility index (Phi) is 5.35. The van der Waals surface area contributed by atoms with Crippen LogP contribution in [0.4, 0.5) is 0 Å². The van der Waals surface area contributed by atoms with Gasteiger partial charge in [0.15, 0.2) is 0 Å². The Labute approximate surface area is 137 Å². The largest absolute Gasteiger partial charge is 0.508 e. The fourth-order valence-corrected chi connectivity index (χ4v) is 2.25. The number of methoxy groups -OCH3 is 1. The predicted octanol–water partition coefficient (Wildman–Crippen LogP) is -0.514. The van der Waals surface area contributed by atoms with Crippen LogP contribution in [0.5, 0.6) is 5.75 Å². The summed E-state index contributed by atoms with van der Waals surface area (Å²) in [5.41, 5.74) is 0.577. The predicted molar refractivity (Wildman–Crippen MR) is 83.3 cm³/mol. The molecule has 2 rings (SSSR count). The molecule has 1 atom stereocenters. The van der Waals surface area contributed by atoms with E-state index < -0.39 is 23.5 Å². The fraction of sp³-hybridized carbons (Fsp3) is 0.333. The fourth-order valence-electron chi connectivity index (χ4n) is 2.25. The lowest BCUT2D eigenvalue weighted by Gasteiger charge is -2.17. The molecule has 0 fully saturated rings. The zero-order valence-electron chi connectivity index (χ0n) is 13.3. The molecule has 0 radical (unpaired) electrons. The highest BCUT2D eigenvalue weighted by Crippen LogP contribution is 2.07. The van der Waals surface area contributed by atoms with Gasteiger partial charge in [-0.05, 0) is 13.0 Å². The smallest absolute Gasteiger partial charge is 0.328 e. The number of rotatable bonds is 6. The monoisotopic (exact) mass is 334 g/mol.